The van der Waals surface area contributed by atoms with Crippen LogP contribution >= 0.6 is 0 Å². The lowest BCUT2D eigenvalue weighted by Crippen LogP contribution is -2.36. The first kappa shape index (κ1) is 13.2. The van der Waals surface area contributed by atoms with Gasteiger partial charge in [0.2, 0.25) is 0 Å². The lowest BCUT2D eigenvalue weighted by atomic mass is 10.2. The second-order valence-corrected chi connectivity index (χ2v) is 3.60. The predicted molar refractivity (Wildman–Crippen MR) is 64.5 cm³/mol. The van der Waals surface area contributed by atoms with Crippen molar-refractivity contribution in [1.82, 2.24) is 5.32 Å². The Labute approximate surface area is 99.8 Å². The monoisotopic (exact) mass is 236 g/mol. The largest absolute Gasteiger partial charge is 0.396 e. The minimum absolute atomic E-state index is 0.0142. The zero-order valence-electron chi connectivity index (χ0n) is 9.69. The standard InChI is InChI=1S/C12H16N2O3/c1-9-5-2-3-6-10(9)14-12(17)11(16)13-7-4-8-15/h2-3,5-6,15H,4,7-8H2,1H3,(H,13,16)(H,14,17). The molecule has 1 aromatic rings. The van der Waals surface area contributed by atoms with E-state index in [-0.39, 0.29) is 13.2 Å². The van der Waals surface area contributed by atoms with Gasteiger partial charge in [0.05, 0.1) is 0 Å². The fourth-order valence-electron chi connectivity index (χ4n) is 1.25. The van der Waals surface area contributed by atoms with Crippen LogP contribution in [0.5, 0.6) is 0 Å². The van der Waals surface area contributed by atoms with Gasteiger partial charge < -0.3 is 15.7 Å². The van der Waals surface area contributed by atoms with Crippen molar-refractivity contribution < 1.29 is 14.7 Å². The Morgan fingerprint density at radius 3 is 2.59 bits per heavy atom. The Balaban J connectivity index is 2.49. The number of rotatable bonds is 4. The Morgan fingerprint density at radius 2 is 1.94 bits per heavy atom. The van der Waals surface area contributed by atoms with E-state index in [1.165, 1.54) is 0 Å². The summed E-state index contributed by atoms with van der Waals surface area (Å²) in [7, 11) is 0. The molecule has 17 heavy (non-hydrogen) atoms. The summed E-state index contributed by atoms with van der Waals surface area (Å²) in [5.74, 6) is -1.39. The first-order valence-corrected chi connectivity index (χ1v) is 5.41. The molecule has 1 aromatic carbocycles. The molecule has 5 heteroatoms. The maximum Gasteiger partial charge on any atom is 0.313 e. The lowest BCUT2D eigenvalue weighted by molar-refractivity contribution is -0.136. The number of nitrogens with one attached hydrogen (secondary N) is 2. The van der Waals surface area contributed by atoms with Crippen molar-refractivity contribution in [2.45, 2.75) is 13.3 Å². The average Bonchev–Trinajstić information content (AvgIpc) is 2.32. The number of aryl methyl sites for hydroxylation is 1. The van der Waals surface area contributed by atoms with Crippen LogP contribution in [0.15, 0.2) is 24.3 Å². The number of amides is 2. The second-order valence-electron chi connectivity index (χ2n) is 3.60. The van der Waals surface area contributed by atoms with Crippen LogP contribution in [0, 0.1) is 6.92 Å². The molecule has 92 valence electrons. The van der Waals surface area contributed by atoms with Gasteiger partial charge in [0, 0.05) is 18.8 Å². The summed E-state index contributed by atoms with van der Waals surface area (Å²) in [6, 6.07) is 7.21. The van der Waals surface area contributed by atoms with E-state index < -0.39 is 11.8 Å². The molecule has 3 N–H and O–H groups in total. The van der Waals surface area contributed by atoms with Crippen LogP contribution in [0.1, 0.15) is 12.0 Å². The molecule has 0 aliphatic rings. The highest BCUT2D eigenvalue weighted by Gasteiger charge is 2.13. The van der Waals surface area contributed by atoms with Gasteiger partial charge in [-0.25, -0.2) is 0 Å². The summed E-state index contributed by atoms with van der Waals surface area (Å²) in [6.45, 7) is 2.12. The molecule has 0 saturated carbocycles. The van der Waals surface area contributed by atoms with Crippen LogP contribution in [0.2, 0.25) is 0 Å². The van der Waals surface area contributed by atoms with E-state index >= 15 is 0 Å². The van der Waals surface area contributed by atoms with Gasteiger partial charge in [-0.2, -0.15) is 0 Å². The van der Waals surface area contributed by atoms with Crippen LogP contribution < -0.4 is 10.6 Å². The van der Waals surface area contributed by atoms with Crippen molar-refractivity contribution in [2.75, 3.05) is 18.5 Å². The topological polar surface area (TPSA) is 78.4 Å². The molecular formula is C12H16N2O3. The van der Waals surface area contributed by atoms with E-state index in [1.807, 2.05) is 19.1 Å². The highest BCUT2D eigenvalue weighted by molar-refractivity contribution is 6.39. The van der Waals surface area contributed by atoms with Crippen LogP contribution in [0.25, 0.3) is 0 Å². The Morgan fingerprint density at radius 1 is 1.24 bits per heavy atom. The van der Waals surface area contributed by atoms with Crippen LogP contribution in [0.4, 0.5) is 5.69 Å². The summed E-state index contributed by atoms with van der Waals surface area (Å²) in [5, 5.41) is 13.5. The highest BCUT2D eigenvalue weighted by Crippen LogP contribution is 2.12. The molecule has 0 saturated heterocycles. The van der Waals surface area contributed by atoms with E-state index in [9.17, 15) is 9.59 Å². The number of hydrogen-bond donors (Lipinski definition) is 3. The SMILES string of the molecule is Cc1ccccc1NC(=O)C(=O)NCCCO. The minimum Gasteiger partial charge on any atom is -0.396 e. The van der Waals surface area contributed by atoms with Gasteiger partial charge in [-0.3, -0.25) is 9.59 Å². The number of carbonyl (C=O) groups is 2. The van der Waals surface area contributed by atoms with Gasteiger partial charge in [0.25, 0.3) is 0 Å². The number of carbonyl (C=O) groups excluding carboxylic acids is 2. The Kier molecular flexibility index (Phi) is 5.16. The number of benzene rings is 1. The van der Waals surface area contributed by atoms with Gasteiger partial charge in [-0.1, -0.05) is 18.2 Å². The number of aliphatic hydroxyl groups is 1. The fraction of sp³-hybridized carbons (Fsp3) is 0.333. The third kappa shape index (κ3) is 4.24. The van der Waals surface area contributed by atoms with E-state index in [2.05, 4.69) is 10.6 Å². The molecule has 0 atom stereocenters. The molecule has 1 rings (SSSR count). The van der Waals surface area contributed by atoms with Crippen molar-refractivity contribution in [3.05, 3.63) is 29.8 Å². The first-order valence-electron chi connectivity index (χ1n) is 5.41. The maximum atomic E-state index is 11.5. The molecule has 0 radical (unpaired) electrons. The number of anilines is 1. The zero-order valence-corrected chi connectivity index (χ0v) is 9.69. The number of hydrogen-bond acceptors (Lipinski definition) is 3. The summed E-state index contributed by atoms with van der Waals surface area (Å²) in [6.07, 6.45) is 0.434. The van der Waals surface area contributed by atoms with E-state index in [4.69, 9.17) is 5.11 Å². The molecule has 0 aliphatic carbocycles. The summed E-state index contributed by atoms with van der Waals surface area (Å²) < 4.78 is 0. The van der Waals surface area contributed by atoms with Crippen molar-refractivity contribution in [2.24, 2.45) is 0 Å². The van der Waals surface area contributed by atoms with Crippen LogP contribution in [0.3, 0.4) is 0 Å². The third-order valence-electron chi connectivity index (χ3n) is 2.22. The van der Waals surface area contributed by atoms with Crippen LogP contribution in [-0.2, 0) is 9.59 Å². The second kappa shape index (κ2) is 6.65. The minimum atomic E-state index is -0.697. The van der Waals surface area contributed by atoms with Crippen molar-refractivity contribution in [3.63, 3.8) is 0 Å². The molecular weight excluding hydrogens is 220 g/mol. The van der Waals surface area contributed by atoms with Gasteiger partial charge >= 0.3 is 11.8 Å². The third-order valence-corrected chi connectivity index (χ3v) is 2.22. The highest BCUT2D eigenvalue weighted by atomic mass is 16.3. The first-order chi connectivity index (χ1) is 8.15. The molecule has 0 aliphatic heterocycles. The van der Waals surface area contributed by atoms with Crippen molar-refractivity contribution >= 4 is 17.5 Å². The normalized spacial score (nSPS) is 9.76. The smallest absolute Gasteiger partial charge is 0.313 e. The fourth-order valence-corrected chi connectivity index (χ4v) is 1.25. The van der Waals surface area contributed by atoms with Crippen molar-refractivity contribution in [3.8, 4) is 0 Å². The van der Waals surface area contributed by atoms with Gasteiger partial charge in [-0.05, 0) is 25.0 Å². The zero-order chi connectivity index (χ0) is 12.7. The average molecular weight is 236 g/mol. The van der Waals surface area contributed by atoms with Gasteiger partial charge in [0.1, 0.15) is 0 Å². The van der Waals surface area contributed by atoms with E-state index in [1.54, 1.807) is 12.1 Å². The van der Waals surface area contributed by atoms with Gasteiger partial charge in [0.15, 0.2) is 0 Å². The molecule has 0 spiro atoms. The number of aliphatic hydroxyl groups excluding tert-OH is 1. The quantitative estimate of drug-likeness (QED) is 0.524. The molecule has 0 fully saturated rings. The van der Waals surface area contributed by atoms with Gasteiger partial charge in [-0.15, -0.1) is 0 Å². The summed E-state index contributed by atoms with van der Waals surface area (Å²) in [4.78, 5) is 22.8. The molecule has 0 unspecified atom stereocenters. The van der Waals surface area contributed by atoms with Crippen molar-refractivity contribution in [1.29, 1.82) is 0 Å². The summed E-state index contributed by atoms with van der Waals surface area (Å²) in [5.41, 5.74) is 1.51. The van der Waals surface area contributed by atoms with Crippen LogP contribution in [-0.4, -0.2) is 30.1 Å². The molecule has 0 heterocycles. The maximum absolute atomic E-state index is 11.5. The Bertz CT molecular complexity index is 404. The Hall–Kier alpha value is -1.88. The molecule has 5 nitrogen and oxygen atoms in total. The predicted octanol–water partition coefficient (Wildman–Crippen LogP) is 0.432. The lowest BCUT2D eigenvalue weighted by Gasteiger charge is -2.07. The summed E-state index contributed by atoms with van der Waals surface area (Å²) >= 11 is 0. The van der Waals surface area contributed by atoms with E-state index in [0.29, 0.717) is 12.1 Å². The molecule has 2 amide bonds. The molecule has 0 bridgehead atoms. The van der Waals surface area contributed by atoms with E-state index in [0.717, 1.165) is 5.56 Å². The number of para-hydroxylation sites is 1. The molecule has 0 aromatic heterocycles.